The van der Waals surface area contributed by atoms with E-state index in [2.05, 4.69) is 64.5 Å². The van der Waals surface area contributed by atoms with Crippen molar-refractivity contribution in [3.8, 4) is 5.75 Å². The Morgan fingerprint density at radius 2 is 1.67 bits per heavy atom. The van der Waals surface area contributed by atoms with E-state index in [9.17, 15) is 19.8 Å². The minimum Gasteiger partial charge on any atom is -0.507 e. The number of halogens is 1. The summed E-state index contributed by atoms with van der Waals surface area (Å²) < 4.78 is 29.5. The van der Waals surface area contributed by atoms with Crippen LogP contribution in [0.5, 0.6) is 5.75 Å². The highest BCUT2D eigenvalue weighted by Gasteiger charge is 2.49. The summed E-state index contributed by atoms with van der Waals surface area (Å²) in [6, 6.07) is 9.29. The first-order valence-corrected chi connectivity index (χ1v) is 32.4. The van der Waals surface area contributed by atoms with Crippen molar-refractivity contribution in [2.45, 2.75) is 172 Å². The fraction of sp³-hybridized carbons (Fsp3) is 0.656. The Balaban J connectivity index is 0.548. The molecule has 84 heavy (non-hydrogen) atoms. The third-order valence-electron chi connectivity index (χ3n) is 20.6. The quantitative estimate of drug-likeness (QED) is 0.0910. The lowest BCUT2D eigenvalue weighted by molar-refractivity contribution is -0.141. The third kappa shape index (κ3) is 12.4. The number of aromatic nitrogens is 2. The molecule has 9 aliphatic rings. The number of aliphatic hydroxyl groups excluding tert-OH is 1. The second kappa shape index (κ2) is 24.7. The summed E-state index contributed by atoms with van der Waals surface area (Å²) in [6.45, 7) is 19.0. The van der Waals surface area contributed by atoms with E-state index in [4.69, 9.17) is 15.0 Å². The smallest absolute Gasteiger partial charge is 0.243 e. The number of hydrogen-bond acceptors (Lipinski definition) is 17. The molecule has 456 valence electrons. The number of aliphatic hydroxyl groups is 1. The summed E-state index contributed by atoms with van der Waals surface area (Å²) in [7, 11) is 1.90. The van der Waals surface area contributed by atoms with Gasteiger partial charge in [-0.2, -0.15) is 0 Å². The number of aryl methyl sites for hydroxylation is 1. The van der Waals surface area contributed by atoms with Crippen molar-refractivity contribution in [1.29, 1.82) is 0 Å². The van der Waals surface area contributed by atoms with Crippen LogP contribution in [0.2, 0.25) is 0 Å². The largest absolute Gasteiger partial charge is 0.507 e. The summed E-state index contributed by atoms with van der Waals surface area (Å²) >= 11 is 1.65. The van der Waals surface area contributed by atoms with Crippen LogP contribution in [0.4, 0.5) is 10.2 Å². The minimum absolute atomic E-state index is 0.0962. The van der Waals surface area contributed by atoms with Gasteiger partial charge in [-0.15, -0.1) is 11.3 Å². The average molecular weight is 1180 g/mol. The number of phenolic OH excluding ortho intramolecular Hbond substituents is 1. The average Bonchev–Trinajstić information content (AvgIpc) is 3.90. The highest BCUT2D eigenvalue weighted by molar-refractivity contribution is 7.10. The number of thiazole rings is 1. The summed E-state index contributed by atoms with van der Waals surface area (Å²) in [4.78, 5) is 47.9. The van der Waals surface area contributed by atoms with E-state index in [-0.39, 0.29) is 60.5 Å². The number of benzene rings is 1. The maximum atomic E-state index is 16.8. The number of allylic oxidation sites excluding steroid dienone is 4. The SMILES string of the molecule is Cc1ncsc1C1=CC=C([C@H](C)NC(=O)[C@@H]2C[C@@H](O)CN2C(=O)[C@@H](c2cc(N3CCC(CN4CCC(OC5CC(N6CCC(F)(CN7C8CCC7CN(C7=C(N)N(C)NC(c9ccccc9O)=C7)C8)CC6)C5)CC4)CC3)no2)C(C)C)C(C)C1. The van der Waals surface area contributed by atoms with E-state index in [0.717, 1.165) is 151 Å². The molecule has 1 aromatic carbocycles. The Morgan fingerprint density at radius 1 is 0.940 bits per heavy atom. The van der Waals surface area contributed by atoms with E-state index in [0.29, 0.717) is 55.1 Å². The number of hydrogen-bond donors (Lipinski definition) is 5. The van der Waals surface area contributed by atoms with Crippen LogP contribution >= 0.6 is 11.3 Å². The zero-order valence-electron chi connectivity index (χ0n) is 50.3. The van der Waals surface area contributed by atoms with Crippen molar-refractivity contribution < 1.29 is 33.5 Å². The molecule has 2 aliphatic carbocycles. The zero-order valence-corrected chi connectivity index (χ0v) is 51.1. The summed E-state index contributed by atoms with van der Waals surface area (Å²) in [5.74, 6) is 1.68. The van der Waals surface area contributed by atoms with E-state index in [1.54, 1.807) is 22.3 Å². The van der Waals surface area contributed by atoms with Gasteiger partial charge in [0.25, 0.3) is 0 Å². The van der Waals surface area contributed by atoms with Crippen LogP contribution in [0.25, 0.3) is 11.3 Å². The summed E-state index contributed by atoms with van der Waals surface area (Å²) in [5.41, 5.74) is 16.6. The first-order chi connectivity index (χ1) is 40.4. The molecule has 6 saturated heterocycles. The van der Waals surface area contributed by atoms with Gasteiger partial charge in [-0.25, -0.2) is 9.37 Å². The number of hydrazine groups is 1. The van der Waals surface area contributed by atoms with E-state index >= 15 is 4.39 Å². The molecule has 7 atom stereocenters. The molecule has 2 bridgehead atoms. The number of nitrogens with two attached hydrogens (primary N) is 1. The predicted octanol–water partition coefficient (Wildman–Crippen LogP) is 7.20. The number of amides is 2. The number of fused-ring (bicyclic) bond motifs is 2. The van der Waals surface area contributed by atoms with Crippen LogP contribution in [-0.2, 0) is 14.3 Å². The standard InChI is InChI=1S/C64H91FN12O6S/c1-39(2)59(63(81)76-36-48(78)30-55(76)62(80)68-41(4)51-14-11-44(27-40(51)3)60-42(5)67-38-84-60)57-32-58(70-83-57)74-23-15-43(16-24-74)33-72-21-17-49(18-22-72)82-50-28-47(29-50)73-25-19-64(65,20-26-73)37-77-45-12-13-46(77)35-75(34-45)54-31-53(69-71(6)61(54)66)52-9-7-8-10-56(52)79/h7-11,14,31-32,38-41,43,45-50,55,59,69,78-79H,12-13,15-30,33-37,66H2,1-6H3,(H,68,80)/t40?,41-,45?,46?,47?,48+,50?,55-,59+/m0/s1. The molecule has 6 N–H and O–H groups in total. The number of alkyl halides is 1. The van der Waals surface area contributed by atoms with E-state index in [1.165, 1.54) is 10.5 Å². The number of piperidine rings is 3. The van der Waals surface area contributed by atoms with Crippen LogP contribution in [0.1, 0.15) is 133 Å². The van der Waals surface area contributed by atoms with Gasteiger partial charge in [0.05, 0.1) is 45.8 Å². The van der Waals surface area contributed by atoms with Gasteiger partial charge in [-0.1, -0.05) is 50.2 Å². The Morgan fingerprint density at radius 3 is 2.35 bits per heavy atom. The highest BCUT2D eigenvalue weighted by Crippen LogP contribution is 2.42. The van der Waals surface area contributed by atoms with Gasteiger partial charge < -0.3 is 50.1 Å². The molecule has 12 rings (SSSR count). The molecule has 2 aromatic heterocycles. The molecule has 0 radical (unpaired) electrons. The van der Waals surface area contributed by atoms with Gasteiger partial charge in [-0.05, 0) is 132 Å². The topological polar surface area (TPSA) is 196 Å². The first-order valence-electron chi connectivity index (χ1n) is 31.6. The van der Waals surface area contributed by atoms with Crippen LogP contribution in [0.3, 0.4) is 0 Å². The molecule has 3 aromatic rings. The second-order valence-electron chi connectivity index (χ2n) is 26.6. The molecule has 7 fully saturated rings. The van der Waals surface area contributed by atoms with Crippen molar-refractivity contribution in [2.75, 3.05) is 83.9 Å². The fourth-order valence-corrected chi connectivity index (χ4v) is 16.4. The number of para-hydroxylation sites is 1. The Labute approximate surface area is 499 Å². The first kappa shape index (κ1) is 58.9. The molecular formula is C64H91FN12O6S. The number of phenols is 1. The molecule has 7 aliphatic heterocycles. The Hall–Kier alpha value is -5.51. The van der Waals surface area contributed by atoms with Crippen LogP contribution in [0, 0.1) is 24.7 Å². The predicted molar refractivity (Wildman–Crippen MR) is 325 cm³/mol. The monoisotopic (exact) mass is 1170 g/mol. The normalized spacial score (nSPS) is 29.2. The minimum atomic E-state index is -1.18. The van der Waals surface area contributed by atoms with Crippen molar-refractivity contribution in [3.63, 3.8) is 0 Å². The number of piperazine rings is 1. The van der Waals surface area contributed by atoms with Gasteiger partial charge in [-0.3, -0.25) is 29.8 Å². The number of nitrogens with one attached hydrogen (secondary N) is 2. The van der Waals surface area contributed by atoms with Crippen molar-refractivity contribution in [3.05, 3.63) is 93.1 Å². The van der Waals surface area contributed by atoms with Crippen LogP contribution in [0.15, 0.2) is 75.7 Å². The molecule has 20 heteroatoms. The summed E-state index contributed by atoms with van der Waals surface area (Å²) in [5, 5.41) is 31.0. The lowest BCUT2D eigenvalue weighted by Gasteiger charge is -2.50. The maximum Gasteiger partial charge on any atom is 0.243 e. The highest BCUT2D eigenvalue weighted by atomic mass is 32.1. The van der Waals surface area contributed by atoms with Crippen molar-refractivity contribution >= 4 is 40.2 Å². The number of rotatable bonds is 17. The van der Waals surface area contributed by atoms with Crippen molar-refractivity contribution in [1.82, 2.24) is 50.4 Å². The molecule has 0 spiro atoms. The van der Waals surface area contributed by atoms with Crippen molar-refractivity contribution in [2.24, 2.45) is 23.5 Å². The fourth-order valence-electron chi connectivity index (χ4n) is 15.5. The number of likely N-dealkylation sites (tertiary alicyclic amines) is 4. The molecule has 3 unspecified atom stereocenters. The van der Waals surface area contributed by atoms with Gasteiger partial charge in [0.15, 0.2) is 11.6 Å². The Kier molecular flexibility index (Phi) is 17.3. The second-order valence-corrected chi connectivity index (χ2v) is 27.5. The third-order valence-corrected chi connectivity index (χ3v) is 21.6. The lowest BCUT2D eigenvalue weighted by Crippen LogP contribution is -2.60. The van der Waals surface area contributed by atoms with E-state index in [1.807, 2.05) is 75.6 Å². The number of β-amino-alcohol motifs (C(OH)–C–C–N with tert-alkyl or cyclic N) is 1. The molecule has 2 amide bonds. The van der Waals surface area contributed by atoms with E-state index < -0.39 is 23.7 Å². The number of aromatic hydroxyl groups is 1. The van der Waals surface area contributed by atoms with Gasteiger partial charge in [0, 0.05) is 121 Å². The molecular weight excluding hydrogens is 1080 g/mol. The molecule has 1 saturated carbocycles. The summed E-state index contributed by atoms with van der Waals surface area (Å²) in [6.07, 6.45) is 16.8. The zero-order chi connectivity index (χ0) is 58.6. The number of carbonyl (C=O) groups is 2. The molecule has 9 heterocycles. The van der Waals surface area contributed by atoms with Crippen LogP contribution in [-0.4, -0.2) is 195 Å². The number of carbonyl (C=O) groups excluding carboxylic acids is 2. The van der Waals surface area contributed by atoms with Gasteiger partial charge >= 0.3 is 0 Å². The Bertz CT molecular complexity index is 2950. The number of ether oxygens (including phenoxy) is 1. The molecule has 18 nitrogen and oxygen atoms in total. The maximum absolute atomic E-state index is 16.8. The van der Waals surface area contributed by atoms with Gasteiger partial charge in [0.2, 0.25) is 11.8 Å². The lowest BCUT2D eigenvalue weighted by atomic mass is 9.84. The van der Waals surface area contributed by atoms with Crippen LogP contribution < -0.4 is 21.4 Å². The number of nitrogens with zero attached hydrogens (tertiary/aromatic N) is 9. The van der Waals surface area contributed by atoms with Gasteiger partial charge in [0.1, 0.15) is 29.2 Å². The number of anilines is 1.